The zero-order chi connectivity index (χ0) is 25.8. The van der Waals surface area contributed by atoms with E-state index in [2.05, 4.69) is 4.90 Å². The summed E-state index contributed by atoms with van der Waals surface area (Å²) in [7, 11) is 0. The quantitative estimate of drug-likeness (QED) is 0.505. The summed E-state index contributed by atoms with van der Waals surface area (Å²) in [4.78, 5) is 46.0. The third-order valence-corrected chi connectivity index (χ3v) is 8.26. The van der Waals surface area contributed by atoms with E-state index in [1.54, 1.807) is 17.1 Å². The molecule has 0 aromatic heterocycles. The van der Waals surface area contributed by atoms with Gasteiger partial charge >= 0.3 is 0 Å². The van der Waals surface area contributed by atoms with E-state index in [9.17, 15) is 14.4 Å². The molecule has 4 aliphatic rings. The summed E-state index contributed by atoms with van der Waals surface area (Å²) in [5.74, 6) is -1.45. The molecule has 4 saturated heterocycles. The van der Waals surface area contributed by atoms with Crippen LogP contribution in [0.5, 0.6) is 0 Å². The van der Waals surface area contributed by atoms with Gasteiger partial charge in [-0.3, -0.25) is 24.3 Å². The van der Waals surface area contributed by atoms with Crippen LogP contribution in [0.2, 0.25) is 0 Å². The summed E-state index contributed by atoms with van der Waals surface area (Å²) in [6, 6.07) is 26.6. The maximum atomic E-state index is 14.4. The number of hydrogen-bond donors (Lipinski definition) is 0. The number of carbonyl (C=O) groups excluding carboxylic acids is 3. The van der Waals surface area contributed by atoms with Gasteiger partial charge in [-0.05, 0) is 23.3 Å². The molecule has 0 radical (unpaired) electrons. The summed E-state index contributed by atoms with van der Waals surface area (Å²) in [6.07, 6.45) is 0. The molecule has 4 heterocycles. The number of anilines is 1. The van der Waals surface area contributed by atoms with Crippen molar-refractivity contribution in [2.75, 3.05) is 31.2 Å². The van der Waals surface area contributed by atoms with E-state index in [-0.39, 0.29) is 23.8 Å². The van der Waals surface area contributed by atoms with Crippen LogP contribution in [0, 0.1) is 5.92 Å². The number of hydrogen-bond acceptors (Lipinski definition) is 6. The van der Waals surface area contributed by atoms with Gasteiger partial charge in [0.2, 0.25) is 5.91 Å². The van der Waals surface area contributed by atoms with Crippen LogP contribution in [0.25, 0.3) is 0 Å². The number of morpholine rings is 1. The minimum atomic E-state index is -0.891. The Morgan fingerprint density at radius 3 is 1.74 bits per heavy atom. The second kappa shape index (κ2) is 9.16. The fraction of sp³-hybridized carbons (Fsp3) is 0.300. The summed E-state index contributed by atoms with van der Waals surface area (Å²) in [5.41, 5.74) is 2.43. The summed E-state index contributed by atoms with van der Waals surface area (Å²) in [6.45, 7) is 2.38. The molecule has 3 aromatic rings. The number of amides is 3. The molecule has 8 nitrogen and oxygen atoms in total. The van der Waals surface area contributed by atoms with Crippen molar-refractivity contribution in [3.63, 3.8) is 0 Å². The highest BCUT2D eigenvalue weighted by Crippen LogP contribution is 2.55. The van der Waals surface area contributed by atoms with Crippen LogP contribution in [0.1, 0.15) is 23.2 Å². The number of rotatable bonds is 4. The van der Waals surface area contributed by atoms with Crippen LogP contribution in [0.4, 0.5) is 5.69 Å². The van der Waals surface area contributed by atoms with Crippen LogP contribution >= 0.6 is 0 Å². The Bertz CT molecular complexity index is 1360. The van der Waals surface area contributed by atoms with E-state index in [1.807, 2.05) is 83.9 Å². The number of para-hydroxylation sites is 1. The first kappa shape index (κ1) is 23.3. The third-order valence-electron chi connectivity index (χ3n) is 8.26. The lowest BCUT2D eigenvalue weighted by Gasteiger charge is -2.37. The average Bonchev–Trinajstić information content (AvgIpc) is 3.56. The molecule has 0 aliphatic carbocycles. The molecule has 4 fully saturated rings. The molecule has 0 saturated carbocycles. The number of fused-ring (bicyclic) bond motifs is 3. The highest BCUT2D eigenvalue weighted by atomic mass is 16.5. The van der Waals surface area contributed by atoms with Gasteiger partial charge in [0.05, 0.1) is 36.9 Å². The number of imide groups is 1. The highest BCUT2D eigenvalue weighted by molar-refractivity contribution is 6.25. The van der Waals surface area contributed by atoms with Gasteiger partial charge in [0.1, 0.15) is 12.1 Å². The van der Waals surface area contributed by atoms with E-state index in [4.69, 9.17) is 4.74 Å². The normalized spacial score (nSPS) is 29.7. The molecule has 0 unspecified atom stereocenters. The van der Waals surface area contributed by atoms with E-state index in [1.165, 1.54) is 4.90 Å². The molecule has 4 aliphatic heterocycles. The van der Waals surface area contributed by atoms with Crippen molar-refractivity contribution >= 4 is 23.4 Å². The molecule has 5 atom stereocenters. The number of carbonyl (C=O) groups is 3. The standard InChI is InChI=1S/C30H28N4O4/c35-28-23-24(20-10-4-1-5-11-20)33-25(21-12-6-2-7-13-21)27(31-16-18-38-19-17-31)30(37)34(33)26(23)29(36)32(28)22-14-8-3-9-15-22/h1-15,23-27H,16-19H2/t23-,24+,25-,26+,27-/m1/s1. The van der Waals surface area contributed by atoms with Crippen LogP contribution in [-0.2, 0) is 19.1 Å². The van der Waals surface area contributed by atoms with E-state index in [0.717, 1.165) is 11.1 Å². The second-order valence-corrected chi connectivity index (χ2v) is 10.2. The van der Waals surface area contributed by atoms with E-state index in [0.29, 0.717) is 32.0 Å². The summed E-state index contributed by atoms with van der Waals surface area (Å²) < 4.78 is 5.60. The zero-order valence-electron chi connectivity index (χ0n) is 20.8. The molecule has 192 valence electrons. The smallest absolute Gasteiger partial charge is 0.259 e. The summed E-state index contributed by atoms with van der Waals surface area (Å²) in [5, 5.41) is 3.67. The van der Waals surface area contributed by atoms with Gasteiger partial charge < -0.3 is 4.74 Å². The number of nitrogens with zero attached hydrogens (tertiary/aromatic N) is 4. The van der Waals surface area contributed by atoms with Crippen molar-refractivity contribution in [1.29, 1.82) is 0 Å². The van der Waals surface area contributed by atoms with Crippen molar-refractivity contribution in [2.45, 2.75) is 24.2 Å². The fourth-order valence-electron chi connectivity index (χ4n) is 6.70. The topological polar surface area (TPSA) is 73.4 Å². The van der Waals surface area contributed by atoms with Crippen LogP contribution in [0.15, 0.2) is 91.0 Å². The molecule has 8 heteroatoms. The zero-order valence-corrected chi connectivity index (χ0v) is 20.8. The Kier molecular flexibility index (Phi) is 5.61. The van der Waals surface area contributed by atoms with E-state index >= 15 is 0 Å². The maximum absolute atomic E-state index is 14.4. The SMILES string of the molecule is O=C1[C@H]2[C@@H](C(=O)N1c1ccccc1)N1C(=O)[C@H](N3CCOCC3)[C@@H](c3ccccc3)N1[C@H]2c1ccccc1. The minimum absolute atomic E-state index is 0.134. The van der Waals surface area contributed by atoms with Gasteiger partial charge in [-0.15, -0.1) is 0 Å². The average molecular weight is 509 g/mol. The van der Waals surface area contributed by atoms with Gasteiger partial charge in [-0.2, -0.15) is 5.01 Å². The molecule has 38 heavy (non-hydrogen) atoms. The Balaban J connectivity index is 1.40. The van der Waals surface area contributed by atoms with Gasteiger partial charge in [0.15, 0.2) is 0 Å². The van der Waals surface area contributed by atoms with E-state index < -0.39 is 24.0 Å². The monoisotopic (exact) mass is 508 g/mol. The Morgan fingerprint density at radius 1 is 0.579 bits per heavy atom. The third kappa shape index (κ3) is 3.37. The summed E-state index contributed by atoms with van der Waals surface area (Å²) >= 11 is 0. The van der Waals surface area contributed by atoms with Gasteiger partial charge in [0.25, 0.3) is 11.8 Å². The van der Waals surface area contributed by atoms with Gasteiger partial charge in [-0.1, -0.05) is 78.9 Å². The number of hydrazine groups is 1. The predicted molar refractivity (Wildman–Crippen MR) is 139 cm³/mol. The first-order valence-electron chi connectivity index (χ1n) is 13.1. The largest absolute Gasteiger partial charge is 0.379 e. The number of ether oxygens (including phenoxy) is 1. The Labute approximate surface area is 221 Å². The van der Waals surface area contributed by atoms with Crippen LogP contribution in [-0.4, -0.2) is 71.0 Å². The van der Waals surface area contributed by atoms with Crippen LogP contribution in [0.3, 0.4) is 0 Å². The molecule has 3 aromatic carbocycles. The molecular weight excluding hydrogens is 480 g/mol. The maximum Gasteiger partial charge on any atom is 0.259 e. The van der Waals surface area contributed by atoms with Crippen LogP contribution < -0.4 is 4.90 Å². The van der Waals surface area contributed by atoms with Crippen molar-refractivity contribution in [1.82, 2.24) is 14.9 Å². The number of benzene rings is 3. The van der Waals surface area contributed by atoms with Gasteiger partial charge in [0, 0.05) is 13.1 Å². The molecular formula is C30H28N4O4. The highest BCUT2D eigenvalue weighted by Gasteiger charge is 2.69. The molecule has 0 N–H and O–H groups in total. The molecule has 0 bridgehead atoms. The molecule has 3 amide bonds. The molecule has 7 rings (SSSR count). The lowest BCUT2D eigenvalue weighted by Crippen LogP contribution is -2.51. The van der Waals surface area contributed by atoms with Crippen molar-refractivity contribution in [3.8, 4) is 0 Å². The Morgan fingerprint density at radius 2 is 1.13 bits per heavy atom. The van der Waals surface area contributed by atoms with Gasteiger partial charge in [-0.25, -0.2) is 4.90 Å². The van der Waals surface area contributed by atoms with Crippen molar-refractivity contribution in [3.05, 3.63) is 102 Å². The second-order valence-electron chi connectivity index (χ2n) is 10.2. The predicted octanol–water partition coefficient (Wildman–Crippen LogP) is 2.80. The Hall–Kier alpha value is -3.85. The first-order valence-corrected chi connectivity index (χ1v) is 13.1. The first-order chi connectivity index (χ1) is 18.7. The fourth-order valence-corrected chi connectivity index (χ4v) is 6.70. The lowest BCUT2D eigenvalue weighted by atomic mass is 9.87. The van der Waals surface area contributed by atoms with Crippen molar-refractivity contribution in [2.24, 2.45) is 5.92 Å². The minimum Gasteiger partial charge on any atom is -0.379 e. The lowest BCUT2D eigenvalue weighted by molar-refractivity contribution is -0.146. The molecule has 0 spiro atoms. The van der Waals surface area contributed by atoms with Crippen molar-refractivity contribution < 1.29 is 19.1 Å².